The van der Waals surface area contributed by atoms with E-state index in [0.29, 0.717) is 24.0 Å². The number of para-hydroxylation sites is 1. The van der Waals surface area contributed by atoms with E-state index in [1.165, 1.54) is 0 Å². The molecule has 3 N–H and O–H groups in total. The van der Waals surface area contributed by atoms with Crippen molar-refractivity contribution in [1.82, 2.24) is 15.1 Å². The molecule has 0 bridgehead atoms. The van der Waals surface area contributed by atoms with Crippen LogP contribution in [0.5, 0.6) is 5.75 Å². The second kappa shape index (κ2) is 9.76. The van der Waals surface area contributed by atoms with Crippen LogP contribution in [0.3, 0.4) is 0 Å². The van der Waals surface area contributed by atoms with Gasteiger partial charge >= 0.3 is 0 Å². The molecule has 0 saturated heterocycles. The average molecular weight is 393 g/mol. The first-order valence-electron chi connectivity index (χ1n) is 9.37. The van der Waals surface area contributed by atoms with Gasteiger partial charge in [-0.1, -0.05) is 32.0 Å². The van der Waals surface area contributed by atoms with Gasteiger partial charge in [-0.2, -0.15) is 5.10 Å². The number of nitrogens with one attached hydrogen (secondary N) is 1. The summed E-state index contributed by atoms with van der Waals surface area (Å²) in [6.07, 6.45) is 5.49. The first-order valence-corrected chi connectivity index (χ1v) is 9.37. The predicted octanol–water partition coefficient (Wildman–Crippen LogP) is 3.33. The fraction of sp³-hybridized carbons (Fsp3) is 0.500. The normalized spacial score (nSPS) is 19.4. The molecule has 27 heavy (non-hydrogen) atoms. The molecule has 2 aromatic rings. The van der Waals surface area contributed by atoms with Crippen molar-refractivity contribution in [1.29, 1.82) is 0 Å². The Morgan fingerprint density at radius 1 is 1.26 bits per heavy atom. The summed E-state index contributed by atoms with van der Waals surface area (Å²) in [5.41, 5.74) is 7.18. The summed E-state index contributed by atoms with van der Waals surface area (Å²) in [5.74, 6) is 0.706. The number of amides is 1. The molecule has 1 aliphatic rings. The van der Waals surface area contributed by atoms with Crippen LogP contribution < -0.4 is 15.8 Å². The van der Waals surface area contributed by atoms with Gasteiger partial charge in [0.25, 0.3) is 5.91 Å². The summed E-state index contributed by atoms with van der Waals surface area (Å²) in [6, 6.07) is 10.1. The lowest BCUT2D eigenvalue weighted by atomic mass is 9.92. The van der Waals surface area contributed by atoms with Crippen molar-refractivity contribution in [3.8, 4) is 11.4 Å². The maximum Gasteiger partial charge on any atom is 0.275 e. The van der Waals surface area contributed by atoms with E-state index in [2.05, 4.69) is 24.3 Å². The Bertz CT molecular complexity index is 725. The highest BCUT2D eigenvalue weighted by atomic mass is 35.5. The minimum atomic E-state index is -0.182. The quantitative estimate of drug-likeness (QED) is 0.789. The maximum absolute atomic E-state index is 12.8. The third-order valence-corrected chi connectivity index (χ3v) is 4.60. The van der Waals surface area contributed by atoms with Crippen LogP contribution in [-0.4, -0.2) is 34.4 Å². The minimum absolute atomic E-state index is 0. The van der Waals surface area contributed by atoms with Crippen molar-refractivity contribution in [2.45, 2.75) is 51.6 Å². The molecule has 0 spiro atoms. The molecule has 1 saturated carbocycles. The molecule has 1 heterocycles. The highest BCUT2D eigenvalue weighted by molar-refractivity contribution is 5.95. The van der Waals surface area contributed by atoms with E-state index >= 15 is 0 Å². The first-order chi connectivity index (χ1) is 12.5. The molecule has 148 valence electrons. The Kier molecular flexibility index (Phi) is 7.68. The van der Waals surface area contributed by atoms with Gasteiger partial charge in [0.15, 0.2) is 11.4 Å². The highest BCUT2D eigenvalue weighted by Gasteiger charge is 2.24. The van der Waals surface area contributed by atoms with Crippen LogP contribution in [0.2, 0.25) is 0 Å². The fourth-order valence-electron chi connectivity index (χ4n) is 3.11. The second-order valence-electron chi connectivity index (χ2n) is 7.41. The summed E-state index contributed by atoms with van der Waals surface area (Å²) >= 11 is 0. The van der Waals surface area contributed by atoms with Crippen LogP contribution in [0.15, 0.2) is 36.5 Å². The number of hydrogen-bond donors (Lipinski definition) is 2. The third-order valence-electron chi connectivity index (χ3n) is 4.60. The largest absolute Gasteiger partial charge is 0.489 e. The number of aromatic nitrogens is 2. The molecule has 7 heteroatoms. The van der Waals surface area contributed by atoms with E-state index in [4.69, 9.17) is 10.5 Å². The number of halogens is 1. The van der Waals surface area contributed by atoms with Gasteiger partial charge in [-0.25, -0.2) is 4.68 Å². The Hall–Kier alpha value is -2.05. The van der Waals surface area contributed by atoms with Crippen LogP contribution in [-0.2, 0) is 0 Å². The van der Waals surface area contributed by atoms with Crippen LogP contribution in [0.4, 0.5) is 0 Å². The number of carbonyl (C=O) groups excluding carboxylic acids is 1. The molecular weight excluding hydrogens is 364 g/mol. The molecule has 0 aliphatic heterocycles. The van der Waals surface area contributed by atoms with Gasteiger partial charge in [0.05, 0.1) is 18.5 Å². The van der Waals surface area contributed by atoms with Gasteiger partial charge in [0, 0.05) is 12.1 Å². The number of benzene rings is 1. The SMILES string of the molecule is CC(C)COc1cn(-c2ccccc2)nc1C(=O)NC1CCC(N)CC1.Cl. The molecule has 1 aromatic heterocycles. The molecule has 6 nitrogen and oxygen atoms in total. The summed E-state index contributed by atoms with van der Waals surface area (Å²) < 4.78 is 7.56. The van der Waals surface area contributed by atoms with Crippen LogP contribution in [0.1, 0.15) is 50.0 Å². The lowest BCUT2D eigenvalue weighted by Gasteiger charge is -2.26. The Balaban J connectivity index is 0.00000261. The zero-order valence-corrected chi connectivity index (χ0v) is 16.7. The fourth-order valence-corrected chi connectivity index (χ4v) is 3.11. The van der Waals surface area contributed by atoms with E-state index in [9.17, 15) is 4.79 Å². The molecular formula is C20H29ClN4O2. The molecule has 0 radical (unpaired) electrons. The van der Waals surface area contributed by atoms with Crippen molar-refractivity contribution in [3.05, 3.63) is 42.2 Å². The summed E-state index contributed by atoms with van der Waals surface area (Å²) in [7, 11) is 0. The van der Waals surface area contributed by atoms with Gasteiger partial charge in [-0.05, 0) is 43.7 Å². The summed E-state index contributed by atoms with van der Waals surface area (Å²) in [5, 5.41) is 7.59. The number of hydrogen-bond acceptors (Lipinski definition) is 4. The Morgan fingerprint density at radius 2 is 1.93 bits per heavy atom. The zero-order valence-electron chi connectivity index (χ0n) is 15.9. The van der Waals surface area contributed by atoms with Crippen molar-refractivity contribution in [2.24, 2.45) is 11.7 Å². The van der Waals surface area contributed by atoms with Crippen LogP contribution in [0, 0.1) is 5.92 Å². The second-order valence-corrected chi connectivity index (χ2v) is 7.41. The minimum Gasteiger partial charge on any atom is -0.489 e. The van der Waals surface area contributed by atoms with E-state index in [1.807, 2.05) is 30.3 Å². The number of carbonyl (C=O) groups is 1. The summed E-state index contributed by atoms with van der Waals surface area (Å²) in [6.45, 7) is 4.69. The molecule has 1 fully saturated rings. The van der Waals surface area contributed by atoms with Crippen molar-refractivity contribution < 1.29 is 9.53 Å². The monoisotopic (exact) mass is 392 g/mol. The zero-order chi connectivity index (χ0) is 18.5. The molecule has 1 aromatic carbocycles. The van der Waals surface area contributed by atoms with E-state index in [1.54, 1.807) is 10.9 Å². The van der Waals surface area contributed by atoms with Gasteiger partial charge in [0.1, 0.15) is 0 Å². The van der Waals surface area contributed by atoms with Crippen LogP contribution in [0.25, 0.3) is 5.69 Å². The number of rotatable bonds is 6. The first kappa shape index (κ1) is 21.3. The molecule has 1 amide bonds. The summed E-state index contributed by atoms with van der Waals surface area (Å²) in [4.78, 5) is 12.8. The van der Waals surface area contributed by atoms with E-state index in [-0.39, 0.29) is 30.4 Å². The van der Waals surface area contributed by atoms with Crippen molar-refractivity contribution in [2.75, 3.05) is 6.61 Å². The third kappa shape index (κ3) is 5.71. The van der Waals surface area contributed by atoms with Crippen LogP contribution >= 0.6 is 12.4 Å². The molecule has 0 unspecified atom stereocenters. The lowest BCUT2D eigenvalue weighted by molar-refractivity contribution is 0.0915. The van der Waals surface area contributed by atoms with Gasteiger partial charge in [0.2, 0.25) is 0 Å². The molecule has 3 rings (SSSR count). The Morgan fingerprint density at radius 3 is 2.56 bits per heavy atom. The van der Waals surface area contributed by atoms with Gasteiger partial charge < -0.3 is 15.8 Å². The average Bonchev–Trinajstić information content (AvgIpc) is 3.07. The predicted molar refractivity (Wildman–Crippen MR) is 109 cm³/mol. The smallest absolute Gasteiger partial charge is 0.275 e. The van der Waals surface area contributed by atoms with Crippen molar-refractivity contribution in [3.63, 3.8) is 0 Å². The number of nitrogens with two attached hydrogens (primary N) is 1. The van der Waals surface area contributed by atoms with Gasteiger partial charge in [-0.15, -0.1) is 12.4 Å². The standard InChI is InChI=1S/C20H28N4O2.ClH/c1-14(2)13-26-18-12-24(17-6-4-3-5-7-17)23-19(18)20(25)22-16-10-8-15(21)9-11-16;/h3-7,12,14-16H,8-11,13,21H2,1-2H3,(H,22,25);1H. The highest BCUT2D eigenvalue weighted by Crippen LogP contribution is 2.22. The number of ether oxygens (including phenoxy) is 1. The van der Waals surface area contributed by atoms with Crippen molar-refractivity contribution >= 4 is 18.3 Å². The topological polar surface area (TPSA) is 82.2 Å². The Labute approximate surface area is 166 Å². The van der Waals surface area contributed by atoms with Gasteiger partial charge in [-0.3, -0.25) is 4.79 Å². The van der Waals surface area contributed by atoms with E-state index < -0.39 is 0 Å². The maximum atomic E-state index is 12.8. The van der Waals surface area contributed by atoms with E-state index in [0.717, 1.165) is 31.4 Å². The lowest BCUT2D eigenvalue weighted by Crippen LogP contribution is -2.40. The molecule has 0 atom stereocenters. The molecule has 1 aliphatic carbocycles. The number of nitrogens with zero attached hydrogens (tertiary/aromatic N) is 2.